The van der Waals surface area contributed by atoms with Crippen molar-refractivity contribution in [3.63, 3.8) is 0 Å². The summed E-state index contributed by atoms with van der Waals surface area (Å²) < 4.78 is 5.47. The average molecular weight is 290 g/mol. The van der Waals surface area contributed by atoms with Crippen LogP contribution in [-0.4, -0.2) is 44.3 Å². The standard InChI is InChI=1S/C18H30N2O/c1-5-6-19-17(13-20-7-9-21-10-8-20)18-15(3)11-14(2)12-16(18)4/h11-12,17,19H,5-10,13H2,1-4H3. The molecular formula is C18H30N2O. The smallest absolute Gasteiger partial charge is 0.0594 e. The molecule has 1 fully saturated rings. The maximum absolute atomic E-state index is 5.47. The van der Waals surface area contributed by atoms with Crippen molar-refractivity contribution < 1.29 is 4.74 Å². The molecule has 0 spiro atoms. The Bertz CT molecular complexity index is 430. The van der Waals surface area contributed by atoms with Crippen molar-refractivity contribution >= 4 is 0 Å². The molecule has 1 unspecified atom stereocenters. The first-order valence-electron chi connectivity index (χ1n) is 8.23. The molecule has 1 N–H and O–H groups in total. The van der Waals surface area contributed by atoms with Crippen molar-refractivity contribution in [1.29, 1.82) is 0 Å². The van der Waals surface area contributed by atoms with E-state index in [-0.39, 0.29) is 0 Å². The number of rotatable bonds is 6. The number of ether oxygens (including phenoxy) is 1. The predicted molar refractivity (Wildman–Crippen MR) is 88.9 cm³/mol. The first-order chi connectivity index (χ1) is 10.1. The molecule has 0 radical (unpaired) electrons. The molecule has 3 nitrogen and oxygen atoms in total. The van der Waals surface area contributed by atoms with Gasteiger partial charge >= 0.3 is 0 Å². The zero-order valence-corrected chi connectivity index (χ0v) is 14.0. The first kappa shape index (κ1) is 16.5. The average Bonchev–Trinajstić information content (AvgIpc) is 2.44. The molecule has 0 aromatic heterocycles. The molecule has 0 bridgehead atoms. The number of nitrogens with one attached hydrogen (secondary N) is 1. The molecule has 2 rings (SSSR count). The van der Waals surface area contributed by atoms with Gasteiger partial charge in [0, 0.05) is 25.7 Å². The minimum atomic E-state index is 0.420. The van der Waals surface area contributed by atoms with Gasteiger partial charge in [0.05, 0.1) is 13.2 Å². The number of hydrogen-bond donors (Lipinski definition) is 1. The second-order valence-corrected chi connectivity index (χ2v) is 6.23. The highest BCUT2D eigenvalue weighted by atomic mass is 16.5. The molecule has 0 aliphatic carbocycles. The van der Waals surface area contributed by atoms with Crippen molar-refractivity contribution in [2.75, 3.05) is 39.4 Å². The van der Waals surface area contributed by atoms with Gasteiger partial charge in [0.15, 0.2) is 0 Å². The summed E-state index contributed by atoms with van der Waals surface area (Å²) in [5, 5.41) is 3.75. The molecule has 1 heterocycles. The van der Waals surface area contributed by atoms with Gasteiger partial charge in [0.25, 0.3) is 0 Å². The normalized spacial score (nSPS) is 17.9. The minimum absolute atomic E-state index is 0.420. The number of benzene rings is 1. The van der Waals surface area contributed by atoms with Crippen LogP contribution in [0.3, 0.4) is 0 Å². The van der Waals surface area contributed by atoms with Gasteiger partial charge in [-0.05, 0) is 50.4 Å². The molecule has 1 aromatic rings. The van der Waals surface area contributed by atoms with Crippen LogP contribution in [0.25, 0.3) is 0 Å². The lowest BCUT2D eigenvalue weighted by atomic mass is 9.93. The van der Waals surface area contributed by atoms with Gasteiger partial charge in [-0.1, -0.05) is 24.6 Å². The van der Waals surface area contributed by atoms with Crippen molar-refractivity contribution in [3.8, 4) is 0 Å². The van der Waals surface area contributed by atoms with E-state index in [1.54, 1.807) is 0 Å². The minimum Gasteiger partial charge on any atom is -0.379 e. The summed E-state index contributed by atoms with van der Waals surface area (Å²) in [5.41, 5.74) is 5.67. The van der Waals surface area contributed by atoms with E-state index >= 15 is 0 Å². The molecule has 118 valence electrons. The van der Waals surface area contributed by atoms with Crippen LogP contribution in [0, 0.1) is 20.8 Å². The Labute approximate surface area is 129 Å². The third-order valence-corrected chi connectivity index (χ3v) is 4.27. The lowest BCUT2D eigenvalue weighted by Gasteiger charge is -2.32. The molecule has 0 amide bonds. The Balaban J connectivity index is 2.18. The fraction of sp³-hybridized carbons (Fsp3) is 0.667. The van der Waals surface area contributed by atoms with Crippen LogP contribution in [0.15, 0.2) is 12.1 Å². The van der Waals surface area contributed by atoms with Crippen LogP contribution in [0.2, 0.25) is 0 Å². The Morgan fingerprint density at radius 3 is 2.33 bits per heavy atom. The van der Waals surface area contributed by atoms with Crippen LogP contribution < -0.4 is 5.32 Å². The van der Waals surface area contributed by atoms with Gasteiger partial charge in [-0.25, -0.2) is 0 Å². The van der Waals surface area contributed by atoms with Crippen molar-refractivity contribution in [1.82, 2.24) is 10.2 Å². The third kappa shape index (κ3) is 4.53. The van der Waals surface area contributed by atoms with Gasteiger partial charge in [-0.15, -0.1) is 0 Å². The summed E-state index contributed by atoms with van der Waals surface area (Å²) in [6.45, 7) is 14.9. The van der Waals surface area contributed by atoms with E-state index in [1.807, 2.05) is 0 Å². The van der Waals surface area contributed by atoms with Crippen LogP contribution in [0.1, 0.15) is 41.6 Å². The lowest BCUT2D eigenvalue weighted by molar-refractivity contribution is 0.0334. The second-order valence-electron chi connectivity index (χ2n) is 6.23. The van der Waals surface area contributed by atoms with Crippen LogP contribution in [0.5, 0.6) is 0 Å². The molecule has 0 saturated carbocycles. The zero-order valence-electron chi connectivity index (χ0n) is 14.0. The fourth-order valence-electron chi connectivity index (χ4n) is 3.36. The van der Waals surface area contributed by atoms with E-state index in [0.29, 0.717) is 6.04 Å². The first-order valence-corrected chi connectivity index (χ1v) is 8.23. The molecule has 21 heavy (non-hydrogen) atoms. The molecule has 1 aliphatic heterocycles. The van der Waals surface area contributed by atoms with Crippen molar-refractivity contribution in [2.24, 2.45) is 0 Å². The number of morpholine rings is 1. The Morgan fingerprint density at radius 2 is 1.76 bits per heavy atom. The van der Waals surface area contributed by atoms with E-state index in [2.05, 4.69) is 50.0 Å². The Hall–Kier alpha value is -0.900. The van der Waals surface area contributed by atoms with Crippen LogP contribution in [0.4, 0.5) is 0 Å². The van der Waals surface area contributed by atoms with E-state index in [4.69, 9.17) is 4.74 Å². The van der Waals surface area contributed by atoms with E-state index in [9.17, 15) is 0 Å². The maximum Gasteiger partial charge on any atom is 0.0594 e. The molecule has 1 atom stereocenters. The monoisotopic (exact) mass is 290 g/mol. The summed E-state index contributed by atoms with van der Waals surface area (Å²) in [4.78, 5) is 2.52. The lowest BCUT2D eigenvalue weighted by Crippen LogP contribution is -2.42. The molecule has 3 heteroatoms. The number of hydrogen-bond acceptors (Lipinski definition) is 3. The molecule has 1 saturated heterocycles. The third-order valence-electron chi connectivity index (χ3n) is 4.27. The van der Waals surface area contributed by atoms with Gasteiger partial charge in [-0.2, -0.15) is 0 Å². The van der Waals surface area contributed by atoms with Gasteiger partial charge in [0.1, 0.15) is 0 Å². The number of nitrogens with zero attached hydrogens (tertiary/aromatic N) is 1. The summed E-state index contributed by atoms with van der Waals surface area (Å²) in [6, 6.07) is 5.04. The highest BCUT2D eigenvalue weighted by Gasteiger charge is 2.20. The van der Waals surface area contributed by atoms with Crippen molar-refractivity contribution in [3.05, 3.63) is 34.4 Å². The van der Waals surface area contributed by atoms with Crippen molar-refractivity contribution in [2.45, 2.75) is 40.2 Å². The molecule has 1 aromatic carbocycles. The SMILES string of the molecule is CCCNC(CN1CCOCC1)c1c(C)cc(C)cc1C. The highest BCUT2D eigenvalue weighted by molar-refractivity contribution is 5.39. The number of aryl methyl sites for hydroxylation is 3. The van der Waals surface area contributed by atoms with E-state index in [1.165, 1.54) is 28.7 Å². The topological polar surface area (TPSA) is 24.5 Å². The Kier molecular flexibility index (Phi) is 6.22. The molecule has 1 aliphatic rings. The van der Waals surface area contributed by atoms with E-state index in [0.717, 1.165) is 39.4 Å². The summed E-state index contributed by atoms with van der Waals surface area (Å²) in [7, 11) is 0. The largest absolute Gasteiger partial charge is 0.379 e. The highest BCUT2D eigenvalue weighted by Crippen LogP contribution is 2.25. The second kappa shape index (κ2) is 7.92. The van der Waals surface area contributed by atoms with Crippen LogP contribution >= 0.6 is 0 Å². The van der Waals surface area contributed by atoms with Crippen LogP contribution in [-0.2, 0) is 4.74 Å². The van der Waals surface area contributed by atoms with Gasteiger partial charge < -0.3 is 10.1 Å². The van der Waals surface area contributed by atoms with Gasteiger partial charge in [-0.3, -0.25) is 4.90 Å². The zero-order chi connectivity index (χ0) is 15.2. The predicted octanol–water partition coefficient (Wildman–Crippen LogP) is 2.98. The summed E-state index contributed by atoms with van der Waals surface area (Å²) >= 11 is 0. The van der Waals surface area contributed by atoms with Gasteiger partial charge in [0.2, 0.25) is 0 Å². The molecular weight excluding hydrogens is 260 g/mol. The Morgan fingerprint density at radius 1 is 1.14 bits per heavy atom. The summed E-state index contributed by atoms with van der Waals surface area (Å²) in [5.74, 6) is 0. The summed E-state index contributed by atoms with van der Waals surface area (Å²) in [6.07, 6.45) is 1.17. The fourth-order valence-corrected chi connectivity index (χ4v) is 3.36. The quantitative estimate of drug-likeness (QED) is 0.871. The maximum atomic E-state index is 5.47. The van der Waals surface area contributed by atoms with E-state index < -0.39 is 0 Å².